The van der Waals surface area contributed by atoms with Crippen molar-refractivity contribution in [2.75, 3.05) is 21.7 Å². The number of benzene rings is 3. The maximum Gasteiger partial charge on any atom is 0.283 e. The minimum atomic E-state index is -0.718. The van der Waals surface area contributed by atoms with Crippen molar-refractivity contribution in [2.45, 2.75) is 6.92 Å². The number of nitrogens with one attached hydrogen (secondary N) is 1. The summed E-state index contributed by atoms with van der Waals surface area (Å²) >= 11 is 6.16. The highest BCUT2D eigenvalue weighted by molar-refractivity contribution is 6.53. The maximum atomic E-state index is 13.2. The van der Waals surface area contributed by atoms with Crippen LogP contribution in [0.5, 0.6) is 0 Å². The number of hydrogen-bond acceptors (Lipinski definition) is 4. The summed E-state index contributed by atoms with van der Waals surface area (Å²) in [6, 6.07) is 20.8. The molecule has 4 rings (SSSR count). The lowest BCUT2D eigenvalue weighted by molar-refractivity contribution is -0.120. The first-order valence-electron chi connectivity index (χ1n) is 10.2. The smallest absolute Gasteiger partial charge is 0.283 e. The molecule has 0 unspecified atom stereocenters. The van der Waals surface area contributed by atoms with Gasteiger partial charge < -0.3 is 10.2 Å². The standard InChI is InChI=1S/C25H19ClFN3O3/c1-2-29(19-9-4-3-5-10-19)23(31)16-7-6-8-18(15-16)28-22-21(26)24(32)30(25(22)33)20-13-11-17(27)12-14-20/h3-15,28H,2H2,1H3. The lowest BCUT2D eigenvalue weighted by atomic mass is 10.1. The number of anilines is 3. The Hall–Kier alpha value is -3.97. The van der Waals surface area contributed by atoms with E-state index in [1.165, 1.54) is 12.1 Å². The normalized spacial score (nSPS) is 13.5. The van der Waals surface area contributed by atoms with Crippen LogP contribution in [0.3, 0.4) is 0 Å². The van der Waals surface area contributed by atoms with Crippen LogP contribution in [0.4, 0.5) is 21.5 Å². The molecule has 3 aromatic rings. The fourth-order valence-electron chi connectivity index (χ4n) is 3.52. The summed E-state index contributed by atoms with van der Waals surface area (Å²) in [4.78, 5) is 41.1. The van der Waals surface area contributed by atoms with Crippen LogP contribution in [-0.4, -0.2) is 24.3 Å². The quantitative estimate of drug-likeness (QED) is 0.526. The van der Waals surface area contributed by atoms with Gasteiger partial charge in [0.1, 0.15) is 16.5 Å². The molecule has 0 atom stereocenters. The molecule has 3 aromatic carbocycles. The average Bonchev–Trinajstić information content (AvgIpc) is 3.04. The summed E-state index contributed by atoms with van der Waals surface area (Å²) in [7, 11) is 0. The van der Waals surface area contributed by atoms with Crippen molar-refractivity contribution < 1.29 is 18.8 Å². The van der Waals surface area contributed by atoms with Gasteiger partial charge in [-0.15, -0.1) is 0 Å². The van der Waals surface area contributed by atoms with Gasteiger partial charge >= 0.3 is 0 Å². The van der Waals surface area contributed by atoms with Crippen LogP contribution < -0.4 is 15.1 Å². The molecular weight excluding hydrogens is 445 g/mol. The second kappa shape index (κ2) is 9.26. The number of para-hydroxylation sites is 1. The second-order valence-corrected chi connectivity index (χ2v) is 7.58. The van der Waals surface area contributed by atoms with E-state index >= 15 is 0 Å². The highest BCUT2D eigenvalue weighted by Gasteiger charge is 2.39. The molecule has 0 fully saturated rings. The van der Waals surface area contributed by atoms with Crippen molar-refractivity contribution in [1.29, 1.82) is 0 Å². The Labute approximate surface area is 194 Å². The molecule has 8 heteroatoms. The first-order chi connectivity index (χ1) is 15.9. The predicted octanol–water partition coefficient (Wildman–Crippen LogP) is 4.93. The van der Waals surface area contributed by atoms with Gasteiger partial charge in [0, 0.05) is 23.5 Å². The van der Waals surface area contributed by atoms with Crippen LogP contribution in [0.2, 0.25) is 0 Å². The topological polar surface area (TPSA) is 69.7 Å². The van der Waals surface area contributed by atoms with Crippen molar-refractivity contribution in [3.05, 3.63) is 101 Å². The van der Waals surface area contributed by atoms with Crippen molar-refractivity contribution in [1.82, 2.24) is 0 Å². The van der Waals surface area contributed by atoms with Crippen LogP contribution in [-0.2, 0) is 9.59 Å². The molecule has 0 saturated carbocycles. The van der Waals surface area contributed by atoms with Crippen LogP contribution in [0.25, 0.3) is 0 Å². The van der Waals surface area contributed by atoms with Crippen molar-refractivity contribution in [2.24, 2.45) is 0 Å². The molecule has 0 aliphatic carbocycles. The van der Waals surface area contributed by atoms with Gasteiger partial charge in [-0.1, -0.05) is 35.9 Å². The minimum absolute atomic E-state index is 0.119. The fraction of sp³-hybridized carbons (Fsp3) is 0.0800. The number of rotatable bonds is 6. The Morgan fingerprint density at radius 2 is 1.67 bits per heavy atom. The van der Waals surface area contributed by atoms with E-state index in [9.17, 15) is 18.8 Å². The van der Waals surface area contributed by atoms with Gasteiger partial charge in [0.15, 0.2) is 0 Å². The van der Waals surface area contributed by atoms with E-state index in [1.54, 1.807) is 29.2 Å². The van der Waals surface area contributed by atoms with E-state index in [1.807, 2.05) is 37.3 Å². The molecule has 0 spiro atoms. The number of amides is 3. The van der Waals surface area contributed by atoms with E-state index in [0.717, 1.165) is 22.7 Å². The first-order valence-corrected chi connectivity index (χ1v) is 10.6. The Morgan fingerprint density at radius 1 is 0.970 bits per heavy atom. The number of carbonyl (C=O) groups is 3. The number of halogens is 2. The van der Waals surface area contributed by atoms with Crippen LogP contribution in [0, 0.1) is 5.82 Å². The van der Waals surface area contributed by atoms with Crippen LogP contribution >= 0.6 is 11.6 Å². The number of carbonyl (C=O) groups excluding carboxylic acids is 3. The van der Waals surface area contributed by atoms with Crippen molar-refractivity contribution in [3.63, 3.8) is 0 Å². The second-order valence-electron chi connectivity index (χ2n) is 7.20. The van der Waals surface area contributed by atoms with Gasteiger partial charge in [-0.2, -0.15) is 0 Å². The largest absolute Gasteiger partial charge is 0.350 e. The zero-order valence-electron chi connectivity index (χ0n) is 17.6. The SMILES string of the molecule is CCN(C(=O)c1cccc(NC2=C(Cl)C(=O)N(c3ccc(F)cc3)C2=O)c1)c1ccccc1. The average molecular weight is 464 g/mol. The Morgan fingerprint density at radius 3 is 2.33 bits per heavy atom. The van der Waals surface area contributed by atoms with Crippen molar-refractivity contribution in [3.8, 4) is 0 Å². The first kappa shape index (κ1) is 22.2. The molecule has 0 bridgehead atoms. The summed E-state index contributed by atoms with van der Waals surface area (Å²) in [5.41, 5.74) is 1.66. The van der Waals surface area contributed by atoms with Crippen LogP contribution in [0.1, 0.15) is 17.3 Å². The molecule has 0 radical (unpaired) electrons. The predicted molar refractivity (Wildman–Crippen MR) is 126 cm³/mol. The lowest BCUT2D eigenvalue weighted by Crippen LogP contribution is -2.32. The highest BCUT2D eigenvalue weighted by Crippen LogP contribution is 2.30. The molecule has 1 N–H and O–H groups in total. The van der Waals surface area contributed by atoms with E-state index in [0.29, 0.717) is 17.8 Å². The molecule has 0 saturated heterocycles. The molecule has 0 aromatic heterocycles. The molecule has 1 aliphatic rings. The molecule has 33 heavy (non-hydrogen) atoms. The monoisotopic (exact) mass is 463 g/mol. The highest BCUT2D eigenvalue weighted by atomic mass is 35.5. The summed E-state index contributed by atoms with van der Waals surface area (Å²) in [6.07, 6.45) is 0. The molecule has 166 valence electrons. The van der Waals surface area contributed by atoms with Gasteiger partial charge in [-0.3, -0.25) is 14.4 Å². The number of nitrogens with zero attached hydrogens (tertiary/aromatic N) is 2. The third kappa shape index (κ3) is 4.36. The molecule has 1 heterocycles. The zero-order valence-corrected chi connectivity index (χ0v) is 18.3. The summed E-state index contributed by atoms with van der Waals surface area (Å²) < 4.78 is 13.2. The Bertz CT molecular complexity index is 1260. The van der Waals surface area contributed by atoms with E-state index in [2.05, 4.69) is 5.32 Å². The zero-order chi connectivity index (χ0) is 23.5. The minimum Gasteiger partial charge on any atom is -0.350 e. The number of imide groups is 1. The maximum absolute atomic E-state index is 13.2. The lowest BCUT2D eigenvalue weighted by Gasteiger charge is -2.21. The molecule has 6 nitrogen and oxygen atoms in total. The summed E-state index contributed by atoms with van der Waals surface area (Å²) in [6.45, 7) is 2.35. The van der Waals surface area contributed by atoms with E-state index in [-0.39, 0.29) is 22.3 Å². The summed E-state index contributed by atoms with van der Waals surface area (Å²) in [5, 5.41) is 2.57. The van der Waals surface area contributed by atoms with E-state index < -0.39 is 17.6 Å². The Balaban J connectivity index is 1.58. The third-order valence-corrected chi connectivity index (χ3v) is 5.47. The van der Waals surface area contributed by atoms with Gasteiger partial charge in [0.2, 0.25) is 0 Å². The van der Waals surface area contributed by atoms with Gasteiger partial charge in [-0.25, -0.2) is 9.29 Å². The van der Waals surface area contributed by atoms with E-state index in [4.69, 9.17) is 11.6 Å². The molecule has 1 aliphatic heterocycles. The molecular formula is C25H19ClFN3O3. The Kier molecular flexibility index (Phi) is 6.24. The van der Waals surface area contributed by atoms with Gasteiger partial charge in [0.05, 0.1) is 5.69 Å². The van der Waals surface area contributed by atoms with Gasteiger partial charge in [-0.05, 0) is 61.5 Å². The number of hydrogen-bond donors (Lipinski definition) is 1. The third-order valence-electron chi connectivity index (χ3n) is 5.12. The summed E-state index contributed by atoms with van der Waals surface area (Å²) in [5.74, 6) is -2.10. The van der Waals surface area contributed by atoms with Crippen LogP contribution in [0.15, 0.2) is 89.6 Å². The molecule has 3 amide bonds. The van der Waals surface area contributed by atoms with Crippen molar-refractivity contribution >= 4 is 46.4 Å². The van der Waals surface area contributed by atoms with Gasteiger partial charge in [0.25, 0.3) is 17.7 Å². The fourth-order valence-corrected chi connectivity index (χ4v) is 3.73.